The second kappa shape index (κ2) is 16.8. The van der Waals surface area contributed by atoms with Crippen molar-refractivity contribution in [3.05, 3.63) is 93.6 Å². The van der Waals surface area contributed by atoms with Gasteiger partial charge in [-0.25, -0.2) is 4.79 Å². The standard InChI is InChI=1S/C37H40N2O7.ClH/c1-25(23-40)37(24-38,28-16-17-31(43-4)32(22-28)44-5)18-10-19-39(3)20-11-21-45-36(42)30-15-9-14-29-33(41)26(2)34(46-35(29)30)27-12-7-6-8-13-27;/h6-9,12-17,22-23,25H,10-11,18-21H2,1-5H3;1H. The lowest BCUT2D eigenvalue weighted by molar-refractivity contribution is -0.112. The molecule has 0 saturated heterocycles. The van der Waals surface area contributed by atoms with Gasteiger partial charge in [0.05, 0.1) is 37.7 Å². The average molecular weight is 661 g/mol. The summed E-state index contributed by atoms with van der Waals surface area (Å²) in [5, 5.41) is 10.6. The maximum absolute atomic E-state index is 13.1. The van der Waals surface area contributed by atoms with E-state index in [1.165, 1.54) is 7.11 Å². The van der Waals surface area contributed by atoms with Gasteiger partial charge in [-0.3, -0.25) is 4.79 Å². The molecule has 2 atom stereocenters. The van der Waals surface area contributed by atoms with Crippen LogP contribution in [-0.2, 0) is 14.9 Å². The first-order valence-corrected chi connectivity index (χ1v) is 15.3. The van der Waals surface area contributed by atoms with Gasteiger partial charge in [-0.2, -0.15) is 5.26 Å². The summed E-state index contributed by atoms with van der Waals surface area (Å²) in [6.45, 7) is 4.97. The minimum Gasteiger partial charge on any atom is -0.493 e. The minimum absolute atomic E-state index is 0. The van der Waals surface area contributed by atoms with Gasteiger partial charge in [0.25, 0.3) is 0 Å². The van der Waals surface area contributed by atoms with E-state index >= 15 is 0 Å². The summed E-state index contributed by atoms with van der Waals surface area (Å²) in [4.78, 5) is 40.2. The molecule has 0 amide bonds. The predicted molar refractivity (Wildman–Crippen MR) is 184 cm³/mol. The van der Waals surface area contributed by atoms with E-state index in [1.54, 1.807) is 51.3 Å². The zero-order valence-electron chi connectivity index (χ0n) is 27.4. The molecule has 0 aliphatic rings. The maximum atomic E-state index is 13.1. The topological polar surface area (TPSA) is 119 Å². The zero-order chi connectivity index (χ0) is 33.3. The molecule has 3 aromatic carbocycles. The van der Waals surface area contributed by atoms with Crippen LogP contribution in [-0.4, -0.2) is 58.1 Å². The zero-order valence-corrected chi connectivity index (χ0v) is 28.2. The van der Waals surface area contributed by atoms with E-state index in [9.17, 15) is 19.6 Å². The summed E-state index contributed by atoms with van der Waals surface area (Å²) in [6.07, 6.45) is 2.53. The summed E-state index contributed by atoms with van der Waals surface area (Å²) in [6, 6.07) is 22.0. The molecule has 4 rings (SSSR count). The van der Waals surface area contributed by atoms with Crippen LogP contribution in [0.5, 0.6) is 11.5 Å². The molecule has 0 spiro atoms. The number of esters is 1. The number of para-hydroxylation sites is 1. The van der Waals surface area contributed by atoms with Crippen LogP contribution in [0.3, 0.4) is 0 Å². The van der Waals surface area contributed by atoms with Crippen molar-refractivity contribution in [2.75, 3.05) is 41.0 Å². The van der Waals surface area contributed by atoms with Crippen molar-refractivity contribution >= 4 is 35.6 Å². The maximum Gasteiger partial charge on any atom is 0.341 e. The highest BCUT2D eigenvalue weighted by atomic mass is 35.5. The molecule has 0 N–H and O–H groups in total. The quantitative estimate of drug-likeness (QED) is 0.0774. The Morgan fingerprint density at radius 1 is 1.02 bits per heavy atom. The molecule has 47 heavy (non-hydrogen) atoms. The molecule has 0 aliphatic carbocycles. The second-order valence-electron chi connectivity index (χ2n) is 11.4. The van der Waals surface area contributed by atoms with Crippen molar-refractivity contribution in [1.29, 1.82) is 5.26 Å². The Morgan fingerprint density at radius 2 is 1.72 bits per heavy atom. The van der Waals surface area contributed by atoms with Gasteiger partial charge in [0, 0.05) is 23.6 Å². The van der Waals surface area contributed by atoms with Crippen LogP contribution in [0.4, 0.5) is 0 Å². The first-order valence-electron chi connectivity index (χ1n) is 15.3. The lowest BCUT2D eigenvalue weighted by Gasteiger charge is -2.31. The van der Waals surface area contributed by atoms with E-state index in [4.69, 9.17) is 18.6 Å². The smallest absolute Gasteiger partial charge is 0.341 e. The number of carbonyl (C=O) groups excluding carboxylic acids is 2. The molecule has 248 valence electrons. The molecule has 0 aliphatic heterocycles. The number of nitrogens with zero attached hydrogens (tertiary/aromatic N) is 2. The number of methoxy groups -OCH3 is 2. The van der Waals surface area contributed by atoms with Gasteiger partial charge >= 0.3 is 5.97 Å². The van der Waals surface area contributed by atoms with Crippen molar-refractivity contribution in [3.63, 3.8) is 0 Å². The van der Waals surface area contributed by atoms with Crippen LogP contribution in [0.15, 0.2) is 75.9 Å². The van der Waals surface area contributed by atoms with Crippen LogP contribution < -0.4 is 14.9 Å². The SMILES string of the molecule is COc1ccc(C(C#N)(CCCN(C)CCCOC(=O)c2cccc3c(=O)c(C)c(-c4ccccc4)oc23)C(C)C=O)cc1OC.Cl. The van der Waals surface area contributed by atoms with E-state index in [2.05, 4.69) is 11.0 Å². The summed E-state index contributed by atoms with van der Waals surface area (Å²) >= 11 is 0. The Balaban J connectivity index is 0.00000600. The molecule has 2 unspecified atom stereocenters. The fourth-order valence-corrected chi connectivity index (χ4v) is 5.74. The third-order valence-corrected chi connectivity index (χ3v) is 8.51. The van der Waals surface area contributed by atoms with Crippen molar-refractivity contribution < 1.29 is 28.2 Å². The molecule has 0 radical (unpaired) electrons. The van der Waals surface area contributed by atoms with Gasteiger partial charge in [-0.05, 0) is 69.6 Å². The van der Waals surface area contributed by atoms with Gasteiger partial charge < -0.3 is 28.3 Å². The summed E-state index contributed by atoms with van der Waals surface area (Å²) in [5.74, 6) is 0.382. The van der Waals surface area contributed by atoms with E-state index in [0.29, 0.717) is 66.1 Å². The summed E-state index contributed by atoms with van der Waals surface area (Å²) < 4.78 is 22.5. The van der Waals surface area contributed by atoms with Crippen LogP contribution in [0.1, 0.15) is 47.7 Å². The Labute approximate surface area is 281 Å². The van der Waals surface area contributed by atoms with Crippen LogP contribution in [0.2, 0.25) is 0 Å². The molecule has 0 fully saturated rings. The monoisotopic (exact) mass is 660 g/mol. The number of aldehydes is 1. The first kappa shape index (κ1) is 36.8. The summed E-state index contributed by atoms with van der Waals surface area (Å²) in [5.41, 5.74) is 1.13. The van der Waals surface area contributed by atoms with Gasteiger partial charge in [0.2, 0.25) is 0 Å². The fourth-order valence-electron chi connectivity index (χ4n) is 5.74. The Morgan fingerprint density at radius 3 is 2.38 bits per heavy atom. The van der Waals surface area contributed by atoms with E-state index in [0.717, 1.165) is 11.8 Å². The summed E-state index contributed by atoms with van der Waals surface area (Å²) in [7, 11) is 5.04. The van der Waals surface area contributed by atoms with E-state index in [1.807, 2.05) is 43.4 Å². The number of benzene rings is 3. The fraction of sp³-hybridized carbons (Fsp3) is 0.351. The van der Waals surface area contributed by atoms with Crippen molar-refractivity contribution in [1.82, 2.24) is 4.90 Å². The average Bonchev–Trinajstić information content (AvgIpc) is 3.09. The highest BCUT2D eigenvalue weighted by molar-refractivity contribution is 6.02. The molecular formula is C37H41ClN2O7. The molecular weight excluding hydrogens is 620 g/mol. The number of hydrogen-bond donors (Lipinski definition) is 0. The van der Waals surface area contributed by atoms with Crippen LogP contribution in [0, 0.1) is 24.2 Å². The Bertz CT molecular complexity index is 1780. The third-order valence-electron chi connectivity index (χ3n) is 8.51. The molecule has 4 aromatic rings. The number of hydrogen-bond acceptors (Lipinski definition) is 9. The van der Waals surface area contributed by atoms with E-state index in [-0.39, 0.29) is 35.6 Å². The molecule has 1 heterocycles. The number of halogens is 1. The second-order valence-corrected chi connectivity index (χ2v) is 11.4. The van der Waals surface area contributed by atoms with Gasteiger partial charge in [-0.1, -0.05) is 49.4 Å². The highest BCUT2D eigenvalue weighted by Crippen LogP contribution is 2.40. The molecule has 9 nitrogen and oxygen atoms in total. The van der Waals surface area contributed by atoms with E-state index < -0.39 is 17.3 Å². The molecule has 10 heteroatoms. The van der Waals surface area contributed by atoms with Crippen LogP contribution in [0.25, 0.3) is 22.3 Å². The van der Waals surface area contributed by atoms with Crippen molar-refractivity contribution in [2.45, 2.75) is 38.5 Å². The number of carbonyl (C=O) groups is 2. The number of nitriles is 1. The first-order chi connectivity index (χ1) is 22.2. The largest absolute Gasteiger partial charge is 0.493 e. The molecule has 0 bridgehead atoms. The van der Waals surface area contributed by atoms with Gasteiger partial charge in [0.1, 0.15) is 17.6 Å². The highest BCUT2D eigenvalue weighted by Gasteiger charge is 2.38. The molecule has 1 aromatic heterocycles. The number of fused-ring (bicyclic) bond motifs is 1. The van der Waals surface area contributed by atoms with Crippen LogP contribution >= 0.6 is 12.4 Å². The molecule has 0 saturated carbocycles. The van der Waals surface area contributed by atoms with Gasteiger partial charge in [0.15, 0.2) is 22.5 Å². The van der Waals surface area contributed by atoms with Crippen molar-refractivity contribution in [2.24, 2.45) is 5.92 Å². The lowest BCUT2D eigenvalue weighted by Crippen LogP contribution is -2.34. The Hall–Kier alpha value is -4.65. The number of rotatable bonds is 15. The van der Waals surface area contributed by atoms with Crippen molar-refractivity contribution in [3.8, 4) is 28.9 Å². The normalized spacial score (nSPS) is 12.8. The number of ether oxygens (including phenoxy) is 3. The Kier molecular flexibility index (Phi) is 13.1. The predicted octanol–water partition coefficient (Wildman–Crippen LogP) is 6.76. The third kappa shape index (κ3) is 8.02. The minimum atomic E-state index is -1.02. The lowest BCUT2D eigenvalue weighted by atomic mass is 9.69. The van der Waals surface area contributed by atoms with Gasteiger partial charge in [-0.15, -0.1) is 12.4 Å².